The van der Waals surface area contributed by atoms with Crippen molar-refractivity contribution < 1.29 is 13.6 Å². The molecule has 0 unspecified atom stereocenters. The fourth-order valence-electron chi connectivity index (χ4n) is 2.02. The van der Waals surface area contributed by atoms with Crippen molar-refractivity contribution in [1.29, 1.82) is 0 Å². The molecule has 0 spiro atoms. The molecule has 0 radical (unpaired) electrons. The standard InChI is InChI=1S/C20H17O3PSe/c21-24(22-18-10-4-1-5-11-18,23-19-12-6-2-7-13-19)16-17-25-20-14-8-3-9-15-20/h1-17H. The van der Waals surface area contributed by atoms with Gasteiger partial charge in [0.05, 0.1) is 0 Å². The Hall–Kier alpha value is -2.25. The summed E-state index contributed by atoms with van der Waals surface area (Å²) in [6.45, 7) is 0. The SMILES string of the molecule is O=P(C=C[Se]c1ccccc1)(Oc1ccccc1)Oc1ccccc1. The first kappa shape index (κ1) is 17.6. The van der Waals surface area contributed by atoms with Crippen molar-refractivity contribution >= 4 is 27.0 Å². The molecule has 5 heteroatoms. The maximum absolute atomic E-state index is 13.2. The molecule has 126 valence electrons. The molecule has 25 heavy (non-hydrogen) atoms. The predicted octanol–water partition coefficient (Wildman–Crippen LogP) is 4.84. The minimum absolute atomic E-state index is 0.0526. The summed E-state index contributed by atoms with van der Waals surface area (Å²) in [5.41, 5.74) is 0. The molecular weight excluding hydrogens is 398 g/mol. The van der Waals surface area contributed by atoms with Crippen LogP contribution in [-0.4, -0.2) is 15.0 Å². The molecule has 0 amide bonds. The summed E-state index contributed by atoms with van der Waals surface area (Å²) < 4.78 is 25.8. The van der Waals surface area contributed by atoms with Crippen molar-refractivity contribution in [2.45, 2.75) is 0 Å². The first-order valence-electron chi connectivity index (χ1n) is 7.72. The summed E-state index contributed by atoms with van der Waals surface area (Å²) in [4.78, 5) is 1.88. The first-order chi connectivity index (χ1) is 12.2. The summed E-state index contributed by atoms with van der Waals surface area (Å²) in [7, 11) is -3.47. The van der Waals surface area contributed by atoms with Gasteiger partial charge >= 0.3 is 154 Å². The zero-order valence-electron chi connectivity index (χ0n) is 13.4. The Morgan fingerprint density at radius 3 is 1.60 bits per heavy atom. The molecule has 3 nitrogen and oxygen atoms in total. The molecule has 0 saturated carbocycles. The molecule has 0 aromatic heterocycles. The van der Waals surface area contributed by atoms with Gasteiger partial charge < -0.3 is 0 Å². The quantitative estimate of drug-likeness (QED) is 0.409. The Labute approximate surface area is 154 Å². The molecular formula is C20H17O3PSe. The normalized spacial score (nSPS) is 11.4. The van der Waals surface area contributed by atoms with E-state index in [0.29, 0.717) is 11.5 Å². The van der Waals surface area contributed by atoms with Crippen LogP contribution >= 0.6 is 7.60 Å². The average molecular weight is 415 g/mol. The van der Waals surface area contributed by atoms with E-state index in [0.717, 1.165) is 0 Å². The van der Waals surface area contributed by atoms with Crippen LogP contribution in [0.25, 0.3) is 0 Å². The van der Waals surface area contributed by atoms with E-state index < -0.39 is 7.60 Å². The third kappa shape index (κ3) is 5.65. The second-order valence-electron chi connectivity index (χ2n) is 5.06. The second-order valence-corrected chi connectivity index (χ2v) is 8.86. The molecule has 0 N–H and O–H groups in total. The number of hydrogen-bond acceptors (Lipinski definition) is 3. The van der Waals surface area contributed by atoms with Gasteiger partial charge in [-0.3, -0.25) is 0 Å². The third-order valence-corrected chi connectivity index (χ3v) is 6.75. The van der Waals surface area contributed by atoms with Gasteiger partial charge in [0.25, 0.3) is 0 Å². The summed E-state index contributed by atoms with van der Waals surface area (Å²) >= 11 is 0.0526. The van der Waals surface area contributed by atoms with E-state index in [1.165, 1.54) is 4.46 Å². The van der Waals surface area contributed by atoms with Gasteiger partial charge in [-0.15, -0.1) is 0 Å². The van der Waals surface area contributed by atoms with E-state index in [2.05, 4.69) is 0 Å². The van der Waals surface area contributed by atoms with Gasteiger partial charge in [0.2, 0.25) is 0 Å². The van der Waals surface area contributed by atoms with Gasteiger partial charge in [-0.1, -0.05) is 0 Å². The Bertz CT molecular complexity index is 806. The molecule has 0 saturated heterocycles. The molecule has 0 bridgehead atoms. The number of hydrogen-bond donors (Lipinski definition) is 0. The Morgan fingerprint density at radius 2 is 1.12 bits per heavy atom. The summed E-state index contributed by atoms with van der Waals surface area (Å²) in [6, 6.07) is 28.2. The van der Waals surface area contributed by atoms with Gasteiger partial charge in [-0.2, -0.15) is 0 Å². The van der Waals surface area contributed by atoms with Crippen molar-refractivity contribution in [2.75, 3.05) is 0 Å². The predicted molar refractivity (Wildman–Crippen MR) is 103 cm³/mol. The molecule has 0 atom stereocenters. The fourth-order valence-corrected chi connectivity index (χ4v) is 5.53. The van der Waals surface area contributed by atoms with Crippen LogP contribution in [0.5, 0.6) is 11.5 Å². The van der Waals surface area contributed by atoms with E-state index >= 15 is 0 Å². The van der Waals surface area contributed by atoms with Crippen molar-refractivity contribution in [2.24, 2.45) is 0 Å². The van der Waals surface area contributed by atoms with Gasteiger partial charge in [-0.25, -0.2) is 0 Å². The maximum atomic E-state index is 13.2. The van der Waals surface area contributed by atoms with E-state index in [9.17, 15) is 4.57 Å². The van der Waals surface area contributed by atoms with Crippen LogP contribution in [0.1, 0.15) is 0 Å². The van der Waals surface area contributed by atoms with Crippen molar-refractivity contribution in [3.8, 4) is 11.5 Å². The Kier molecular flexibility index (Phi) is 6.14. The van der Waals surface area contributed by atoms with Crippen LogP contribution < -0.4 is 13.5 Å². The van der Waals surface area contributed by atoms with E-state index in [-0.39, 0.29) is 15.0 Å². The summed E-state index contributed by atoms with van der Waals surface area (Å²) in [5, 5.41) is 0. The zero-order chi connectivity index (χ0) is 17.4. The average Bonchev–Trinajstić information content (AvgIpc) is 2.64. The molecule has 3 aromatic rings. The van der Waals surface area contributed by atoms with Crippen LogP contribution in [-0.2, 0) is 4.57 Å². The second kappa shape index (κ2) is 8.73. The monoisotopic (exact) mass is 416 g/mol. The molecule has 0 fully saturated rings. The molecule has 0 aliphatic carbocycles. The molecule has 3 rings (SSSR count). The molecule has 0 aliphatic heterocycles. The fraction of sp³-hybridized carbons (Fsp3) is 0. The first-order valence-corrected chi connectivity index (χ1v) is 11.2. The summed E-state index contributed by atoms with van der Waals surface area (Å²) in [6.07, 6.45) is 0. The number of para-hydroxylation sites is 2. The van der Waals surface area contributed by atoms with Gasteiger partial charge in [0.1, 0.15) is 0 Å². The molecule has 3 aromatic carbocycles. The van der Waals surface area contributed by atoms with Crippen LogP contribution in [0.3, 0.4) is 0 Å². The summed E-state index contributed by atoms with van der Waals surface area (Å²) in [5.74, 6) is 2.58. The van der Waals surface area contributed by atoms with E-state index in [1.54, 1.807) is 30.1 Å². The van der Waals surface area contributed by atoms with E-state index in [4.69, 9.17) is 9.05 Å². The van der Waals surface area contributed by atoms with Gasteiger partial charge in [0, 0.05) is 0 Å². The van der Waals surface area contributed by atoms with Crippen LogP contribution in [0.4, 0.5) is 0 Å². The van der Waals surface area contributed by atoms with Gasteiger partial charge in [-0.05, 0) is 0 Å². The topological polar surface area (TPSA) is 35.5 Å². The van der Waals surface area contributed by atoms with Gasteiger partial charge in [0.15, 0.2) is 0 Å². The van der Waals surface area contributed by atoms with Crippen molar-refractivity contribution in [1.82, 2.24) is 0 Å². The minimum atomic E-state index is -3.47. The van der Waals surface area contributed by atoms with Crippen LogP contribution in [0.15, 0.2) is 102 Å². The number of benzene rings is 3. The van der Waals surface area contributed by atoms with Crippen LogP contribution in [0.2, 0.25) is 0 Å². The Morgan fingerprint density at radius 1 is 0.680 bits per heavy atom. The van der Waals surface area contributed by atoms with Crippen molar-refractivity contribution in [3.63, 3.8) is 0 Å². The van der Waals surface area contributed by atoms with Crippen LogP contribution in [0, 0.1) is 0 Å². The number of rotatable bonds is 7. The Balaban J connectivity index is 1.79. The molecule has 0 heterocycles. The molecule has 0 aliphatic rings. The zero-order valence-corrected chi connectivity index (χ0v) is 16.0. The third-order valence-electron chi connectivity index (χ3n) is 3.14. The van der Waals surface area contributed by atoms with E-state index in [1.807, 2.05) is 71.7 Å². The van der Waals surface area contributed by atoms with Crippen molar-refractivity contribution in [3.05, 3.63) is 102 Å².